The Morgan fingerprint density at radius 3 is 2.52 bits per heavy atom. The number of anilines is 1. The number of β-amino-alcohol motifs (C(OH)–C–C–N with tert-alkyl or cyclic N) is 1. The molecule has 2 heterocycles. The number of hydrogen-bond donors (Lipinski definition) is 3. The molecule has 1 saturated heterocycles. The highest BCUT2D eigenvalue weighted by atomic mass is 32.2. The molecule has 0 unspecified atom stereocenters. The Hall–Kier alpha value is -2.02. The molecule has 3 N–H and O–H groups in total. The van der Waals surface area contributed by atoms with Gasteiger partial charge in [-0.15, -0.1) is 0 Å². The Labute approximate surface area is 158 Å². The summed E-state index contributed by atoms with van der Waals surface area (Å²) in [5, 5.41) is 23.9. The molecule has 0 bridgehead atoms. The van der Waals surface area contributed by atoms with E-state index < -0.39 is 22.0 Å². The molecule has 1 amide bonds. The first-order valence-corrected chi connectivity index (χ1v) is 9.79. The first-order valence-electron chi connectivity index (χ1n) is 8.18. The summed E-state index contributed by atoms with van der Waals surface area (Å²) in [4.78, 5) is 22.3. The summed E-state index contributed by atoms with van der Waals surface area (Å²) >= 11 is 0. The van der Waals surface area contributed by atoms with Crippen molar-refractivity contribution in [2.24, 2.45) is 13.0 Å². The molecule has 1 aliphatic heterocycles. The van der Waals surface area contributed by atoms with Crippen LogP contribution in [0.4, 0.5) is 5.69 Å². The molecule has 0 spiro atoms. The highest BCUT2D eigenvalue weighted by Crippen LogP contribution is 2.20. The number of aliphatic hydroxyl groups excluding tert-OH is 1. The van der Waals surface area contributed by atoms with Gasteiger partial charge in [0, 0.05) is 46.3 Å². The third-order valence-electron chi connectivity index (χ3n) is 4.12. The SMILES string of the molecule is Cc1nn(C)cc1NC(=O)CN1C[C@@H](CS(=O)(=O)N(C)C)[C@@H](O)C1.O=CO. The van der Waals surface area contributed by atoms with Gasteiger partial charge in [0.05, 0.1) is 29.8 Å². The van der Waals surface area contributed by atoms with Crippen molar-refractivity contribution in [2.45, 2.75) is 13.0 Å². The minimum atomic E-state index is -3.38. The Kier molecular flexibility index (Phi) is 8.34. The quantitative estimate of drug-likeness (QED) is 0.488. The molecule has 0 aromatic carbocycles. The number of carbonyl (C=O) groups is 2. The second-order valence-electron chi connectivity index (χ2n) is 6.54. The summed E-state index contributed by atoms with van der Waals surface area (Å²) in [6.07, 6.45) is 0.964. The summed E-state index contributed by atoms with van der Waals surface area (Å²) in [7, 11) is 1.33. The number of nitrogens with zero attached hydrogens (tertiary/aromatic N) is 4. The second-order valence-corrected chi connectivity index (χ2v) is 8.77. The van der Waals surface area contributed by atoms with Crippen LogP contribution in [0.1, 0.15) is 5.69 Å². The van der Waals surface area contributed by atoms with Gasteiger partial charge in [0.15, 0.2) is 0 Å². The summed E-state index contributed by atoms with van der Waals surface area (Å²) in [6, 6.07) is 0. The van der Waals surface area contributed by atoms with Crippen molar-refractivity contribution in [3.05, 3.63) is 11.9 Å². The number of aliphatic hydroxyl groups is 1. The lowest BCUT2D eigenvalue weighted by molar-refractivity contribution is -0.123. The van der Waals surface area contributed by atoms with Crippen molar-refractivity contribution in [2.75, 3.05) is 44.8 Å². The smallest absolute Gasteiger partial charge is 0.290 e. The molecule has 1 aliphatic rings. The van der Waals surface area contributed by atoms with Crippen molar-refractivity contribution < 1.29 is 28.2 Å². The van der Waals surface area contributed by atoms with Crippen LogP contribution in [0.5, 0.6) is 0 Å². The lowest BCUT2D eigenvalue weighted by Gasteiger charge is -2.17. The van der Waals surface area contributed by atoms with Gasteiger partial charge in [0.2, 0.25) is 15.9 Å². The van der Waals surface area contributed by atoms with Gasteiger partial charge in [0.25, 0.3) is 6.47 Å². The van der Waals surface area contributed by atoms with Gasteiger partial charge >= 0.3 is 0 Å². The first kappa shape index (κ1) is 23.0. The third kappa shape index (κ3) is 6.90. The number of carbonyl (C=O) groups excluding carboxylic acids is 1. The number of carboxylic acid groups (broad SMARTS) is 1. The van der Waals surface area contributed by atoms with Gasteiger partial charge in [-0.05, 0) is 6.92 Å². The molecule has 0 aliphatic carbocycles. The molecule has 0 saturated carbocycles. The number of likely N-dealkylation sites (tertiary alicyclic amines) is 1. The van der Waals surface area contributed by atoms with Crippen LogP contribution in [0.3, 0.4) is 0 Å². The highest BCUT2D eigenvalue weighted by molar-refractivity contribution is 7.89. The Bertz CT molecular complexity index is 748. The molecular weight excluding hydrogens is 378 g/mol. The molecule has 2 rings (SSSR count). The Balaban J connectivity index is 0.00000114. The van der Waals surface area contributed by atoms with Crippen LogP contribution in [-0.2, 0) is 26.7 Å². The lowest BCUT2D eigenvalue weighted by atomic mass is 10.1. The minimum absolute atomic E-state index is 0.101. The third-order valence-corrected chi connectivity index (χ3v) is 6.08. The average Bonchev–Trinajstić information content (AvgIpc) is 3.01. The van der Waals surface area contributed by atoms with E-state index in [4.69, 9.17) is 9.90 Å². The van der Waals surface area contributed by atoms with Crippen LogP contribution < -0.4 is 5.32 Å². The van der Waals surface area contributed by atoms with Crippen LogP contribution in [0.25, 0.3) is 0 Å². The molecule has 1 fully saturated rings. The van der Waals surface area contributed by atoms with Gasteiger partial charge in [-0.25, -0.2) is 12.7 Å². The number of aryl methyl sites for hydroxylation is 2. The molecular formula is C15H27N5O6S. The topological polar surface area (TPSA) is 145 Å². The lowest BCUT2D eigenvalue weighted by Crippen LogP contribution is -2.34. The zero-order valence-electron chi connectivity index (χ0n) is 15.9. The fraction of sp³-hybridized carbons (Fsp3) is 0.667. The molecule has 2 atom stereocenters. The maximum absolute atomic E-state index is 12.1. The van der Waals surface area contributed by atoms with Gasteiger partial charge in [-0.2, -0.15) is 5.10 Å². The van der Waals surface area contributed by atoms with Gasteiger partial charge < -0.3 is 15.5 Å². The number of nitrogens with one attached hydrogen (secondary N) is 1. The van der Waals surface area contributed by atoms with E-state index in [0.29, 0.717) is 12.2 Å². The monoisotopic (exact) mass is 405 g/mol. The van der Waals surface area contributed by atoms with Gasteiger partial charge in [-0.3, -0.25) is 19.2 Å². The number of aromatic nitrogens is 2. The maximum atomic E-state index is 12.1. The summed E-state index contributed by atoms with van der Waals surface area (Å²) < 4.78 is 26.7. The molecule has 154 valence electrons. The zero-order chi connectivity index (χ0) is 20.8. The van der Waals surface area contributed by atoms with Crippen molar-refractivity contribution in [1.29, 1.82) is 0 Å². The fourth-order valence-electron chi connectivity index (χ4n) is 2.77. The summed E-state index contributed by atoms with van der Waals surface area (Å²) in [6.45, 7) is 2.31. The number of rotatable bonds is 6. The van der Waals surface area contributed by atoms with E-state index in [2.05, 4.69) is 10.4 Å². The van der Waals surface area contributed by atoms with Crippen LogP contribution in [-0.4, -0.2) is 95.6 Å². The van der Waals surface area contributed by atoms with E-state index in [9.17, 15) is 18.3 Å². The predicted octanol–water partition coefficient (Wildman–Crippen LogP) is -1.45. The van der Waals surface area contributed by atoms with Crippen molar-refractivity contribution in [1.82, 2.24) is 19.0 Å². The van der Waals surface area contributed by atoms with Crippen molar-refractivity contribution >= 4 is 28.1 Å². The molecule has 0 radical (unpaired) electrons. The Morgan fingerprint density at radius 2 is 2.04 bits per heavy atom. The van der Waals surface area contributed by atoms with Crippen molar-refractivity contribution in [3.63, 3.8) is 0 Å². The van der Waals surface area contributed by atoms with E-state index in [1.807, 2.05) is 0 Å². The van der Waals surface area contributed by atoms with E-state index in [0.717, 1.165) is 10.00 Å². The van der Waals surface area contributed by atoms with E-state index in [-0.39, 0.29) is 31.2 Å². The van der Waals surface area contributed by atoms with Crippen LogP contribution in [0, 0.1) is 12.8 Å². The summed E-state index contributed by atoms with van der Waals surface area (Å²) in [5.41, 5.74) is 1.37. The molecule has 1 aromatic rings. The van der Waals surface area contributed by atoms with E-state index >= 15 is 0 Å². The number of hydrogen-bond acceptors (Lipinski definition) is 7. The minimum Gasteiger partial charge on any atom is -0.483 e. The van der Waals surface area contributed by atoms with Gasteiger partial charge in [0.1, 0.15) is 0 Å². The fourth-order valence-corrected chi connectivity index (χ4v) is 3.94. The van der Waals surface area contributed by atoms with Crippen molar-refractivity contribution in [3.8, 4) is 0 Å². The number of sulfonamides is 1. The van der Waals surface area contributed by atoms with Crippen LogP contribution in [0.2, 0.25) is 0 Å². The van der Waals surface area contributed by atoms with Crippen LogP contribution in [0.15, 0.2) is 6.20 Å². The zero-order valence-corrected chi connectivity index (χ0v) is 16.7. The number of amides is 1. The Morgan fingerprint density at radius 1 is 1.44 bits per heavy atom. The second kappa shape index (κ2) is 9.78. The normalized spacial score (nSPS) is 20.2. The highest BCUT2D eigenvalue weighted by Gasteiger charge is 2.35. The standard InChI is InChI=1S/C14H25N5O4S.CH2O2/c1-10-12(6-18(4)16-10)15-14(21)8-19-5-11(13(20)7-19)9-24(22,23)17(2)3;2-1-3/h6,11,13,20H,5,7-9H2,1-4H3,(H,15,21);1H,(H,2,3)/t11-,13-;/m0./s1. The first-order chi connectivity index (χ1) is 12.5. The van der Waals surface area contributed by atoms with Crippen LogP contribution >= 0.6 is 0 Å². The van der Waals surface area contributed by atoms with E-state index in [1.165, 1.54) is 14.1 Å². The molecule has 12 heteroatoms. The molecule has 27 heavy (non-hydrogen) atoms. The molecule has 1 aromatic heterocycles. The predicted molar refractivity (Wildman–Crippen MR) is 98.7 cm³/mol. The maximum Gasteiger partial charge on any atom is 0.290 e. The van der Waals surface area contributed by atoms with E-state index in [1.54, 1.807) is 29.7 Å². The summed E-state index contributed by atoms with van der Waals surface area (Å²) in [5.74, 6) is -0.735. The largest absolute Gasteiger partial charge is 0.483 e. The average molecular weight is 405 g/mol. The molecule has 11 nitrogen and oxygen atoms in total. The van der Waals surface area contributed by atoms with Gasteiger partial charge in [-0.1, -0.05) is 0 Å².